The number of rotatable bonds is 5. The summed E-state index contributed by atoms with van der Waals surface area (Å²) in [6.45, 7) is 0. The van der Waals surface area contributed by atoms with E-state index in [0.29, 0.717) is 5.69 Å². The molecule has 0 bridgehead atoms. The van der Waals surface area contributed by atoms with E-state index in [-0.39, 0.29) is 11.1 Å². The molecule has 0 saturated heterocycles. The smallest absolute Gasteiger partial charge is 0.422 e. The van der Waals surface area contributed by atoms with E-state index < -0.39 is 5.82 Å². The molecular weight excluding hydrogens is 269 g/mol. The van der Waals surface area contributed by atoms with Crippen LogP contribution < -0.4 is 10.5 Å². The molecule has 0 unspecified atom stereocenters. The zero-order chi connectivity index (χ0) is 13.7. The number of aromatic nitrogens is 2. The van der Waals surface area contributed by atoms with Crippen molar-refractivity contribution in [2.24, 2.45) is 0 Å². The van der Waals surface area contributed by atoms with Crippen molar-refractivity contribution >= 4 is 36.4 Å². The molecule has 1 aromatic carbocycles. The molecule has 0 atom stereocenters. The average Bonchev–Trinajstić information content (AvgIpc) is 2.41. The van der Waals surface area contributed by atoms with Crippen LogP contribution in [0.25, 0.3) is 0 Å². The monoisotopic (exact) mass is 279 g/mol. The zero-order valence-corrected chi connectivity index (χ0v) is 10.8. The van der Waals surface area contributed by atoms with Gasteiger partial charge in [-0.1, -0.05) is 6.07 Å². The van der Waals surface area contributed by atoms with Crippen LogP contribution in [0.3, 0.4) is 0 Å². The third-order valence-electron chi connectivity index (χ3n) is 2.18. The molecule has 0 aliphatic carbocycles. The van der Waals surface area contributed by atoms with E-state index in [1.54, 1.807) is 18.2 Å². The lowest BCUT2D eigenvalue weighted by Gasteiger charge is -2.09. The van der Waals surface area contributed by atoms with Crippen LogP contribution in [-0.2, 0) is 4.65 Å². The summed E-state index contributed by atoms with van der Waals surface area (Å²) in [5.41, 5.74) is 1.44. The summed E-state index contributed by atoms with van der Waals surface area (Å²) in [5.74, 6) is -0.556. The van der Waals surface area contributed by atoms with Crippen molar-refractivity contribution in [1.82, 2.24) is 9.97 Å². The van der Waals surface area contributed by atoms with Gasteiger partial charge in [-0.05, 0) is 29.8 Å². The maximum atomic E-state index is 13.5. The maximum absolute atomic E-state index is 13.5. The first-order valence-corrected chi connectivity index (χ1v) is 5.73. The van der Waals surface area contributed by atoms with E-state index in [2.05, 4.69) is 20.5 Å². The van der Waals surface area contributed by atoms with Gasteiger partial charge in [0.2, 0.25) is 5.28 Å². The van der Waals surface area contributed by atoms with E-state index in [1.165, 1.54) is 14.7 Å². The molecule has 1 heterocycles. The van der Waals surface area contributed by atoms with Gasteiger partial charge in [0.25, 0.3) is 0 Å². The summed E-state index contributed by atoms with van der Waals surface area (Å²) >= 11 is 5.62. The third-order valence-corrected chi connectivity index (χ3v) is 2.37. The Morgan fingerprint density at radius 3 is 2.95 bits per heavy atom. The van der Waals surface area contributed by atoms with E-state index >= 15 is 0 Å². The minimum atomic E-state index is -0.578. The molecular formula is C11H10BClFN4O. The summed E-state index contributed by atoms with van der Waals surface area (Å²) in [5, 5.41) is 5.71. The van der Waals surface area contributed by atoms with Crippen LogP contribution in [-0.4, -0.2) is 24.7 Å². The lowest BCUT2D eigenvalue weighted by Crippen LogP contribution is -2.08. The highest BCUT2D eigenvalue weighted by Gasteiger charge is 2.06. The molecule has 8 heteroatoms. The Bertz CT molecular complexity index is 572. The first kappa shape index (κ1) is 13.6. The Balaban J connectivity index is 2.16. The highest BCUT2D eigenvalue weighted by molar-refractivity contribution is 6.32. The Labute approximate surface area is 115 Å². The van der Waals surface area contributed by atoms with E-state index in [0.717, 1.165) is 11.9 Å². The summed E-state index contributed by atoms with van der Waals surface area (Å²) in [6, 6.07) is 7.18. The molecule has 1 radical (unpaired) electrons. The van der Waals surface area contributed by atoms with Gasteiger partial charge in [-0.3, -0.25) is 0 Å². The highest BCUT2D eigenvalue weighted by atomic mass is 35.5. The van der Waals surface area contributed by atoms with Gasteiger partial charge in [0.15, 0.2) is 11.6 Å². The molecule has 0 fully saturated rings. The largest absolute Gasteiger partial charge is 0.435 e. The molecule has 2 rings (SSSR count). The molecule has 0 amide bonds. The Morgan fingerprint density at radius 1 is 1.37 bits per heavy atom. The second-order valence-corrected chi connectivity index (χ2v) is 3.88. The van der Waals surface area contributed by atoms with Crippen molar-refractivity contribution < 1.29 is 9.04 Å². The van der Waals surface area contributed by atoms with Crippen molar-refractivity contribution in [2.45, 2.75) is 0 Å². The topological polar surface area (TPSA) is 59.1 Å². The second kappa shape index (κ2) is 6.35. The third kappa shape index (κ3) is 3.80. The van der Waals surface area contributed by atoms with Crippen LogP contribution in [0.1, 0.15) is 0 Å². The molecule has 19 heavy (non-hydrogen) atoms. The lowest BCUT2D eigenvalue weighted by atomic mass is 10.2. The van der Waals surface area contributed by atoms with Crippen LogP contribution in [0.2, 0.25) is 5.28 Å². The molecule has 0 aliphatic rings. The zero-order valence-electron chi connectivity index (χ0n) is 10.0. The number of nitrogens with zero attached hydrogens (tertiary/aromatic N) is 2. The molecule has 1 aromatic heterocycles. The van der Waals surface area contributed by atoms with Crippen LogP contribution >= 0.6 is 11.6 Å². The number of anilines is 3. The van der Waals surface area contributed by atoms with E-state index in [4.69, 9.17) is 16.3 Å². The number of hydrogen-bond donors (Lipinski definition) is 2. The van der Waals surface area contributed by atoms with Crippen molar-refractivity contribution in [3.05, 3.63) is 41.6 Å². The van der Waals surface area contributed by atoms with Gasteiger partial charge < -0.3 is 15.2 Å². The lowest BCUT2D eigenvalue weighted by molar-refractivity contribution is 0.446. The van der Waals surface area contributed by atoms with Crippen LogP contribution in [0.4, 0.5) is 21.6 Å². The predicted molar refractivity (Wildman–Crippen MR) is 73.1 cm³/mol. The number of nitrogens with one attached hydrogen (secondary N) is 2. The van der Waals surface area contributed by atoms with Crippen LogP contribution in [0.5, 0.6) is 0 Å². The van der Waals surface area contributed by atoms with E-state index in [9.17, 15) is 4.39 Å². The first-order chi connectivity index (χ1) is 9.19. The molecule has 0 saturated carbocycles. The van der Waals surface area contributed by atoms with Gasteiger partial charge in [-0.15, -0.1) is 0 Å². The second-order valence-electron chi connectivity index (χ2n) is 3.54. The summed E-state index contributed by atoms with van der Waals surface area (Å²) in [6.07, 6.45) is 1.01. The van der Waals surface area contributed by atoms with Gasteiger partial charge in [0.1, 0.15) is 0 Å². The summed E-state index contributed by atoms with van der Waals surface area (Å²) in [7, 11) is 2.97. The fraction of sp³-hybridized carbons (Fsp3) is 0.0909. The Hall–Kier alpha value is -1.86. The van der Waals surface area contributed by atoms with E-state index in [1.807, 2.05) is 6.07 Å². The van der Waals surface area contributed by atoms with Crippen molar-refractivity contribution in [2.75, 3.05) is 17.7 Å². The SMILES string of the molecule is CO[B]Nc1cccc(Nc2nc(Cl)ncc2F)c1. The van der Waals surface area contributed by atoms with Crippen LogP contribution in [0.15, 0.2) is 30.5 Å². The average molecular weight is 279 g/mol. The Kier molecular flexibility index (Phi) is 4.54. The predicted octanol–water partition coefficient (Wildman–Crippen LogP) is 2.61. The first-order valence-electron chi connectivity index (χ1n) is 5.35. The van der Waals surface area contributed by atoms with Gasteiger partial charge in [-0.25, -0.2) is 9.37 Å². The molecule has 0 aliphatic heterocycles. The quantitative estimate of drug-likeness (QED) is 0.651. The van der Waals surface area contributed by atoms with Gasteiger partial charge in [0.05, 0.1) is 6.20 Å². The standard InChI is InChI=1S/C11H10BClFN4O/c1-19-12-18-8-4-2-3-7(5-8)16-10-9(14)6-15-11(13)17-10/h2-6,18H,1H3,(H,15,16,17). The number of benzene rings is 1. The summed E-state index contributed by atoms with van der Waals surface area (Å²) < 4.78 is 18.3. The van der Waals surface area contributed by atoms with Gasteiger partial charge in [0, 0.05) is 18.5 Å². The van der Waals surface area contributed by atoms with Gasteiger partial charge >= 0.3 is 7.62 Å². The van der Waals surface area contributed by atoms with Crippen molar-refractivity contribution in [1.29, 1.82) is 0 Å². The molecule has 5 nitrogen and oxygen atoms in total. The number of hydrogen-bond acceptors (Lipinski definition) is 5. The molecule has 2 aromatic rings. The van der Waals surface area contributed by atoms with Crippen LogP contribution in [0, 0.1) is 5.82 Å². The highest BCUT2D eigenvalue weighted by Crippen LogP contribution is 2.21. The maximum Gasteiger partial charge on any atom is 0.435 e. The van der Waals surface area contributed by atoms with Gasteiger partial charge in [-0.2, -0.15) is 4.98 Å². The fourth-order valence-electron chi connectivity index (χ4n) is 1.38. The number of halogens is 2. The fourth-order valence-corrected chi connectivity index (χ4v) is 1.52. The van der Waals surface area contributed by atoms with Crippen molar-refractivity contribution in [3.8, 4) is 0 Å². The minimum absolute atomic E-state index is 0.0212. The van der Waals surface area contributed by atoms with Crippen molar-refractivity contribution in [3.63, 3.8) is 0 Å². The molecule has 2 N–H and O–H groups in total. The Morgan fingerprint density at radius 2 is 2.16 bits per heavy atom. The molecule has 0 spiro atoms. The minimum Gasteiger partial charge on any atom is -0.422 e. The summed E-state index contributed by atoms with van der Waals surface area (Å²) in [4.78, 5) is 7.32. The molecule has 97 valence electrons. The normalized spacial score (nSPS) is 10.1.